The molecule has 0 bridgehead atoms. The van der Waals surface area contributed by atoms with E-state index in [1.165, 1.54) is 4.31 Å². The van der Waals surface area contributed by atoms with E-state index in [-0.39, 0.29) is 35.7 Å². The molecule has 8 heteroatoms. The number of piperidine rings is 1. The second-order valence-corrected chi connectivity index (χ2v) is 10.5. The Morgan fingerprint density at radius 2 is 1.71 bits per heavy atom. The van der Waals surface area contributed by atoms with Gasteiger partial charge in [0.05, 0.1) is 10.8 Å². The molecule has 0 aliphatic carbocycles. The van der Waals surface area contributed by atoms with Gasteiger partial charge in [0, 0.05) is 37.6 Å². The molecule has 2 fully saturated rings. The minimum atomic E-state index is -3.49. The molecule has 2 aliphatic rings. The third-order valence-electron chi connectivity index (χ3n) is 5.49. The summed E-state index contributed by atoms with van der Waals surface area (Å²) in [6.07, 6.45) is 1.38. The van der Waals surface area contributed by atoms with E-state index in [1.54, 1.807) is 35.2 Å². The van der Waals surface area contributed by atoms with Crippen molar-refractivity contribution in [3.8, 4) is 0 Å². The molecule has 154 valence electrons. The van der Waals surface area contributed by atoms with Gasteiger partial charge in [-0.3, -0.25) is 9.59 Å². The van der Waals surface area contributed by atoms with Crippen LogP contribution in [0.15, 0.2) is 35.2 Å². The molecule has 0 spiro atoms. The molecule has 7 nitrogen and oxygen atoms in total. The number of amides is 2. The number of sulfonamides is 1. The Labute approximate surface area is 167 Å². The van der Waals surface area contributed by atoms with Crippen LogP contribution in [-0.4, -0.2) is 60.7 Å². The second-order valence-electron chi connectivity index (χ2n) is 8.58. The fraction of sp³-hybridized carbons (Fsp3) is 0.600. The maximum absolute atomic E-state index is 12.7. The molecule has 2 heterocycles. The zero-order chi connectivity index (χ0) is 20.5. The first kappa shape index (κ1) is 20.8. The zero-order valence-corrected chi connectivity index (χ0v) is 17.5. The standard InChI is InChI=1S/C20H29N3O4S/c1-20(2,3)23-14-15(13-18(23)24)19(25)21-16-9-11-22(12-10-16)28(26,27)17-7-5-4-6-8-17/h4-8,15-16H,9-14H2,1-3H3,(H,21,25). The molecule has 0 saturated carbocycles. The lowest BCUT2D eigenvalue weighted by molar-refractivity contribution is -0.132. The molecule has 1 N–H and O–H groups in total. The van der Waals surface area contributed by atoms with Gasteiger partial charge in [-0.2, -0.15) is 4.31 Å². The van der Waals surface area contributed by atoms with Crippen LogP contribution in [0.2, 0.25) is 0 Å². The van der Waals surface area contributed by atoms with Crippen LogP contribution in [0.1, 0.15) is 40.0 Å². The van der Waals surface area contributed by atoms with Crippen molar-refractivity contribution < 1.29 is 18.0 Å². The number of hydrogen-bond donors (Lipinski definition) is 1. The molecule has 0 aromatic heterocycles. The molecule has 0 radical (unpaired) electrons. The van der Waals surface area contributed by atoms with Crippen molar-refractivity contribution in [3.63, 3.8) is 0 Å². The number of carbonyl (C=O) groups is 2. The molecule has 3 rings (SSSR count). The van der Waals surface area contributed by atoms with E-state index < -0.39 is 10.0 Å². The summed E-state index contributed by atoms with van der Waals surface area (Å²) in [7, 11) is -3.49. The normalized spacial score (nSPS) is 22.5. The molecule has 1 aromatic rings. The highest BCUT2D eigenvalue weighted by molar-refractivity contribution is 7.89. The van der Waals surface area contributed by atoms with Crippen LogP contribution >= 0.6 is 0 Å². The molecule has 28 heavy (non-hydrogen) atoms. The summed E-state index contributed by atoms with van der Waals surface area (Å²) < 4.78 is 26.9. The fourth-order valence-electron chi connectivity index (χ4n) is 3.83. The predicted molar refractivity (Wildman–Crippen MR) is 106 cm³/mol. The average Bonchev–Trinajstić information content (AvgIpc) is 3.05. The number of carbonyl (C=O) groups excluding carboxylic acids is 2. The van der Waals surface area contributed by atoms with Crippen LogP contribution in [0.3, 0.4) is 0 Å². The molecule has 1 atom stereocenters. The van der Waals surface area contributed by atoms with Gasteiger partial charge in [0.1, 0.15) is 0 Å². The highest BCUT2D eigenvalue weighted by atomic mass is 32.2. The van der Waals surface area contributed by atoms with Crippen LogP contribution in [0.4, 0.5) is 0 Å². The number of hydrogen-bond acceptors (Lipinski definition) is 4. The van der Waals surface area contributed by atoms with Gasteiger partial charge >= 0.3 is 0 Å². The average molecular weight is 408 g/mol. The number of benzene rings is 1. The van der Waals surface area contributed by atoms with Crippen molar-refractivity contribution in [2.45, 2.75) is 56.5 Å². The van der Waals surface area contributed by atoms with Gasteiger partial charge in [-0.25, -0.2) is 8.42 Å². The van der Waals surface area contributed by atoms with Crippen molar-refractivity contribution in [3.05, 3.63) is 30.3 Å². The minimum Gasteiger partial charge on any atom is -0.353 e. The van der Waals surface area contributed by atoms with Crippen molar-refractivity contribution >= 4 is 21.8 Å². The Hall–Kier alpha value is -1.93. The van der Waals surface area contributed by atoms with Crippen molar-refractivity contribution in [2.75, 3.05) is 19.6 Å². The van der Waals surface area contributed by atoms with Crippen LogP contribution in [0.5, 0.6) is 0 Å². The van der Waals surface area contributed by atoms with Gasteiger partial charge in [0.2, 0.25) is 21.8 Å². The third kappa shape index (κ3) is 4.38. The molecule has 2 amide bonds. The van der Waals surface area contributed by atoms with Crippen molar-refractivity contribution in [1.82, 2.24) is 14.5 Å². The quantitative estimate of drug-likeness (QED) is 0.821. The monoisotopic (exact) mass is 407 g/mol. The Morgan fingerprint density at radius 3 is 2.25 bits per heavy atom. The maximum atomic E-state index is 12.7. The van der Waals surface area contributed by atoms with Gasteiger partial charge < -0.3 is 10.2 Å². The lowest BCUT2D eigenvalue weighted by atomic mass is 10.0. The van der Waals surface area contributed by atoms with Gasteiger partial charge in [-0.1, -0.05) is 18.2 Å². The fourth-order valence-corrected chi connectivity index (χ4v) is 5.32. The lowest BCUT2D eigenvalue weighted by Gasteiger charge is -2.33. The topological polar surface area (TPSA) is 86.8 Å². The first-order valence-electron chi connectivity index (χ1n) is 9.75. The van der Waals surface area contributed by atoms with Crippen molar-refractivity contribution in [2.24, 2.45) is 5.92 Å². The summed E-state index contributed by atoms with van der Waals surface area (Å²) in [5.41, 5.74) is -0.288. The van der Waals surface area contributed by atoms with Crippen molar-refractivity contribution in [1.29, 1.82) is 0 Å². The molecule has 2 aliphatic heterocycles. The van der Waals surface area contributed by atoms with E-state index in [2.05, 4.69) is 5.32 Å². The highest BCUT2D eigenvalue weighted by Crippen LogP contribution is 2.26. The van der Waals surface area contributed by atoms with Gasteiger partial charge in [-0.15, -0.1) is 0 Å². The number of nitrogens with one attached hydrogen (secondary N) is 1. The highest BCUT2D eigenvalue weighted by Gasteiger charge is 2.40. The molecule has 1 aromatic carbocycles. The first-order chi connectivity index (χ1) is 13.1. The molecular weight excluding hydrogens is 378 g/mol. The van der Waals surface area contributed by atoms with Crippen LogP contribution in [-0.2, 0) is 19.6 Å². The summed E-state index contributed by atoms with van der Waals surface area (Å²) in [6.45, 7) is 7.09. The second kappa shape index (κ2) is 7.83. The van der Waals surface area contributed by atoms with E-state index in [1.807, 2.05) is 20.8 Å². The van der Waals surface area contributed by atoms with E-state index in [0.29, 0.717) is 37.4 Å². The van der Waals surface area contributed by atoms with Gasteiger partial charge in [0.25, 0.3) is 0 Å². The van der Waals surface area contributed by atoms with Crippen LogP contribution < -0.4 is 5.32 Å². The summed E-state index contributed by atoms with van der Waals surface area (Å²) in [6, 6.07) is 8.35. The number of nitrogens with zero attached hydrogens (tertiary/aromatic N) is 2. The third-order valence-corrected chi connectivity index (χ3v) is 7.40. The number of likely N-dealkylation sites (tertiary alicyclic amines) is 1. The van der Waals surface area contributed by atoms with E-state index in [9.17, 15) is 18.0 Å². The zero-order valence-electron chi connectivity index (χ0n) is 16.7. The minimum absolute atomic E-state index is 0.0106. The smallest absolute Gasteiger partial charge is 0.243 e. The predicted octanol–water partition coefficient (Wildman–Crippen LogP) is 1.60. The first-order valence-corrected chi connectivity index (χ1v) is 11.2. The summed E-state index contributed by atoms with van der Waals surface area (Å²) in [4.78, 5) is 26.9. The Bertz CT molecular complexity index is 825. The van der Waals surface area contributed by atoms with E-state index in [4.69, 9.17) is 0 Å². The van der Waals surface area contributed by atoms with E-state index in [0.717, 1.165) is 0 Å². The Kier molecular flexibility index (Phi) is 5.82. The molecular formula is C20H29N3O4S. The van der Waals surface area contributed by atoms with Gasteiger partial charge in [-0.05, 0) is 45.7 Å². The Balaban J connectivity index is 1.54. The number of rotatable bonds is 4. The van der Waals surface area contributed by atoms with Crippen LogP contribution in [0, 0.1) is 5.92 Å². The summed E-state index contributed by atoms with van der Waals surface area (Å²) in [5, 5.41) is 3.03. The molecule has 1 unspecified atom stereocenters. The lowest BCUT2D eigenvalue weighted by Crippen LogP contribution is -2.48. The van der Waals surface area contributed by atoms with Crippen LogP contribution in [0.25, 0.3) is 0 Å². The summed E-state index contributed by atoms with van der Waals surface area (Å²) in [5.74, 6) is -0.432. The summed E-state index contributed by atoms with van der Waals surface area (Å²) >= 11 is 0. The van der Waals surface area contributed by atoms with Gasteiger partial charge in [0.15, 0.2) is 0 Å². The largest absolute Gasteiger partial charge is 0.353 e. The molecule has 2 saturated heterocycles. The van der Waals surface area contributed by atoms with E-state index >= 15 is 0 Å². The SMILES string of the molecule is CC(C)(C)N1CC(C(=O)NC2CCN(S(=O)(=O)c3ccccc3)CC2)CC1=O. The Morgan fingerprint density at radius 1 is 1.11 bits per heavy atom. The maximum Gasteiger partial charge on any atom is 0.243 e.